The molecule has 22 heavy (non-hydrogen) atoms. The van der Waals surface area contributed by atoms with Crippen LogP contribution < -0.4 is 14.8 Å². The minimum atomic E-state index is -0.264. The molecule has 1 aromatic carbocycles. The van der Waals surface area contributed by atoms with Crippen molar-refractivity contribution in [2.45, 2.75) is 33.4 Å². The number of benzene rings is 1. The number of nitrogens with one attached hydrogen (secondary N) is 1. The van der Waals surface area contributed by atoms with Crippen LogP contribution >= 0.6 is 0 Å². The molecule has 6 nitrogen and oxygen atoms in total. The molecule has 1 aromatic heterocycles. The van der Waals surface area contributed by atoms with E-state index in [4.69, 9.17) is 14.0 Å². The summed E-state index contributed by atoms with van der Waals surface area (Å²) in [4.78, 5) is 12.1. The predicted octanol–water partition coefficient (Wildman–Crippen LogP) is 2.71. The van der Waals surface area contributed by atoms with Crippen molar-refractivity contribution in [3.8, 4) is 11.5 Å². The molecule has 0 aliphatic heterocycles. The molecule has 0 saturated heterocycles. The van der Waals surface area contributed by atoms with E-state index in [9.17, 15) is 4.79 Å². The highest BCUT2D eigenvalue weighted by molar-refractivity contribution is 5.93. The van der Waals surface area contributed by atoms with Crippen molar-refractivity contribution in [2.24, 2.45) is 0 Å². The van der Waals surface area contributed by atoms with Gasteiger partial charge < -0.3 is 19.3 Å². The van der Waals surface area contributed by atoms with Gasteiger partial charge in [0.25, 0.3) is 5.91 Å². The number of amides is 1. The highest BCUT2D eigenvalue weighted by Gasteiger charge is 2.20. The van der Waals surface area contributed by atoms with E-state index in [1.807, 2.05) is 26.0 Å². The van der Waals surface area contributed by atoms with Crippen LogP contribution in [0.5, 0.6) is 11.5 Å². The third-order valence-corrected chi connectivity index (χ3v) is 3.06. The monoisotopic (exact) mass is 304 g/mol. The molecule has 6 heteroatoms. The van der Waals surface area contributed by atoms with Crippen LogP contribution in [-0.2, 0) is 6.61 Å². The summed E-state index contributed by atoms with van der Waals surface area (Å²) in [6, 6.07) is 7.25. The summed E-state index contributed by atoms with van der Waals surface area (Å²) in [5.41, 5.74) is 0.911. The number of methoxy groups -OCH3 is 1. The fourth-order valence-electron chi connectivity index (χ4n) is 1.90. The topological polar surface area (TPSA) is 73.6 Å². The number of hydrogen-bond acceptors (Lipinski definition) is 5. The van der Waals surface area contributed by atoms with E-state index in [0.717, 1.165) is 5.75 Å². The zero-order chi connectivity index (χ0) is 16.1. The zero-order valence-corrected chi connectivity index (χ0v) is 13.2. The van der Waals surface area contributed by atoms with Gasteiger partial charge in [0, 0.05) is 6.04 Å². The molecule has 0 radical (unpaired) electrons. The van der Waals surface area contributed by atoms with Gasteiger partial charge >= 0.3 is 0 Å². The Morgan fingerprint density at radius 2 is 1.91 bits per heavy atom. The second-order valence-electron chi connectivity index (χ2n) is 5.16. The van der Waals surface area contributed by atoms with Crippen molar-refractivity contribution in [3.63, 3.8) is 0 Å². The summed E-state index contributed by atoms with van der Waals surface area (Å²) in [5, 5.41) is 6.61. The van der Waals surface area contributed by atoms with E-state index in [0.29, 0.717) is 17.1 Å². The van der Waals surface area contributed by atoms with Crippen molar-refractivity contribution in [1.29, 1.82) is 0 Å². The molecule has 0 unspecified atom stereocenters. The van der Waals surface area contributed by atoms with Crippen LogP contribution in [0.2, 0.25) is 0 Å². The lowest BCUT2D eigenvalue weighted by Gasteiger charge is -2.09. The van der Waals surface area contributed by atoms with E-state index in [-0.39, 0.29) is 24.2 Å². The lowest BCUT2D eigenvalue weighted by Crippen LogP contribution is -2.31. The average Bonchev–Trinajstić information content (AvgIpc) is 2.86. The third-order valence-electron chi connectivity index (χ3n) is 3.06. The number of carbonyl (C=O) groups excluding carboxylic acids is 1. The van der Waals surface area contributed by atoms with E-state index in [1.54, 1.807) is 26.2 Å². The summed E-state index contributed by atoms with van der Waals surface area (Å²) in [6.07, 6.45) is 0. The summed E-state index contributed by atoms with van der Waals surface area (Å²) < 4.78 is 15.9. The average molecular weight is 304 g/mol. The first-order chi connectivity index (χ1) is 10.5. The minimum Gasteiger partial charge on any atom is -0.497 e. The number of carbonyl (C=O) groups is 1. The van der Waals surface area contributed by atoms with Crippen molar-refractivity contribution >= 4 is 5.91 Å². The Morgan fingerprint density at radius 3 is 2.50 bits per heavy atom. The standard InChI is InChI=1S/C16H20N2O4/c1-10(2)17-16(19)15-14(11(3)22-18-15)9-21-13-7-5-12(20-4)6-8-13/h5-8,10H,9H2,1-4H3,(H,17,19). The van der Waals surface area contributed by atoms with E-state index in [2.05, 4.69) is 10.5 Å². The normalized spacial score (nSPS) is 10.6. The molecular weight excluding hydrogens is 284 g/mol. The molecular formula is C16H20N2O4. The molecule has 1 N–H and O–H groups in total. The Balaban J connectivity index is 2.08. The van der Waals surface area contributed by atoms with Gasteiger partial charge in [-0.25, -0.2) is 0 Å². The number of aryl methyl sites for hydroxylation is 1. The van der Waals surface area contributed by atoms with Gasteiger partial charge in [-0.1, -0.05) is 5.16 Å². The number of nitrogens with zero attached hydrogens (tertiary/aromatic N) is 1. The Morgan fingerprint density at radius 1 is 1.27 bits per heavy atom. The molecule has 2 rings (SSSR count). The van der Waals surface area contributed by atoms with Gasteiger partial charge in [-0.2, -0.15) is 0 Å². The quantitative estimate of drug-likeness (QED) is 0.888. The van der Waals surface area contributed by atoms with Gasteiger partial charge in [-0.3, -0.25) is 4.79 Å². The summed E-state index contributed by atoms with van der Waals surface area (Å²) in [6.45, 7) is 5.74. The maximum Gasteiger partial charge on any atom is 0.274 e. The molecule has 0 fully saturated rings. The van der Waals surface area contributed by atoms with Crippen molar-refractivity contribution in [3.05, 3.63) is 41.3 Å². The fraction of sp³-hybridized carbons (Fsp3) is 0.375. The SMILES string of the molecule is COc1ccc(OCc2c(C(=O)NC(C)C)noc2C)cc1. The van der Waals surface area contributed by atoms with Gasteiger partial charge in [0.2, 0.25) is 0 Å². The van der Waals surface area contributed by atoms with Gasteiger partial charge in [-0.05, 0) is 45.0 Å². The first-order valence-corrected chi connectivity index (χ1v) is 7.04. The highest BCUT2D eigenvalue weighted by atomic mass is 16.5. The molecule has 0 spiro atoms. The van der Waals surface area contributed by atoms with E-state index < -0.39 is 0 Å². The minimum absolute atomic E-state index is 0.0277. The second kappa shape index (κ2) is 6.98. The third kappa shape index (κ3) is 3.78. The maximum absolute atomic E-state index is 12.1. The Kier molecular flexibility index (Phi) is 5.04. The molecule has 0 aliphatic rings. The largest absolute Gasteiger partial charge is 0.497 e. The molecule has 0 aliphatic carbocycles. The number of rotatable bonds is 6. The molecule has 118 valence electrons. The smallest absolute Gasteiger partial charge is 0.274 e. The van der Waals surface area contributed by atoms with Crippen LogP contribution in [0.3, 0.4) is 0 Å². The van der Waals surface area contributed by atoms with E-state index in [1.165, 1.54) is 0 Å². The van der Waals surface area contributed by atoms with Crippen LogP contribution in [0.4, 0.5) is 0 Å². The maximum atomic E-state index is 12.1. The summed E-state index contributed by atoms with van der Waals surface area (Å²) in [7, 11) is 1.61. The van der Waals surface area contributed by atoms with Crippen molar-refractivity contribution in [1.82, 2.24) is 10.5 Å². The van der Waals surface area contributed by atoms with Gasteiger partial charge in [-0.15, -0.1) is 0 Å². The van der Waals surface area contributed by atoms with Gasteiger partial charge in [0.1, 0.15) is 23.9 Å². The molecule has 0 bridgehead atoms. The van der Waals surface area contributed by atoms with E-state index >= 15 is 0 Å². The van der Waals surface area contributed by atoms with Crippen LogP contribution in [0.15, 0.2) is 28.8 Å². The Labute approximate surface area is 129 Å². The van der Waals surface area contributed by atoms with Crippen molar-refractivity contribution in [2.75, 3.05) is 7.11 Å². The van der Waals surface area contributed by atoms with Crippen LogP contribution in [0.25, 0.3) is 0 Å². The number of hydrogen-bond donors (Lipinski definition) is 1. The molecule has 1 amide bonds. The molecule has 1 heterocycles. The zero-order valence-electron chi connectivity index (χ0n) is 13.2. The second-order valence-corrected chi connectivity index (χ2v) is 5.16. The lowest BCUT2D eigenvalue weighted by molar-refractivity contribution is 0.0932. The fourth-order valence-corrected chi connectivity index (χ4v) is 1.90. The first kappa shape index (κ1) is 15.9. The van der Waals surface area contributed by atoms with Crippen LogP contribution in [0, 0.1) is 6.92 Å². The number of ether oxygens (including phenoxy) is 2. The lowest BCUT2D eigenvalue weighted by atomic mass is 10.2. The number of aromatic nitrogens is 1. The van der Waals surface area contributed by atoms with Gasteiger partial charge in [0.05, 0.1) is 12.7 Å². The first-order valence-electron chi connectivity index (χ1n) is 7.04. The Hall–Kier alpha value is -2.50. The predicted molar refractivity (Wildman–Crippen MR) is 81.2 cm³/mol. The van der Waals surface area contributed by atoms with Gasteiger partial charge in [0.15, 0.2) is 5.69 Å². The molecule has 0 atom stereocenters. The summed E-state index contributed by atoms with van der Waals surface area (Å²) >= 11 is 0. The van der Waals surface area contributed by atoms with Crippen molar-refractivity contribution < 1.29 is 18.8 Å². The molecule has 2 aromatic rings. The van der Waals surface area contributed by atoms with Crippen LogP contribution in [0.1, 0.15) is 35.7 Å². The highest BCUT2D eigenvalue weighted by Crippen LogP contribution is 2.20. The molecule has 0 saturated carbocycles. The summed E-state index contributed by atoms with van der Waals surface area (Å²) in [5.74, 6) is 1.74. The van der Waals surface area contributed by atoms with Crippen LogP contribution in [-0.4, -0.2) is 24.2 Å². The Bertz CT molecular complexity index is 632.